The first-order valence-corrected chi connectivity index (χ1v) is 6.86. The molecular weight excluding hydrogens is 278 g/mol. The predicted octanol–water partition coefficient (Wildman–Crippen LogP) is 0.919. The van der Waals surface area contributed by atoms with Crippen LogP contribution in [0.25, 0.3) is 5.65 Å². The van der Waals surface area contributed by atoms with Gasteiger partial charge in [-0.2, -0.15) is 0 Å². The summed E-state index contributed by atoms with van der Waals surface area (Å²) in [7, 11) is -2.57. The summed E-state index contributed by atoms with van der Waals surface area (Å²) >= 11 is 0. The van der Waals surface area contributed by atoms with E-state index in [1.165, 1.54) is 17.6 Å². The first-order chi connectivity index (χ1) is 8.95. The average molecular weight is 290 g/mol. The molecule has 2 aromatic rings. The third kappa shape index (κ3) is 2.66. The molecule has 0 atom stereocenters. The van der Waals surface area contributed by atoms with Crippen molar-refractivity contribution in [3.05, 3.63) is 24.4 Å². The van der Waals surface area contributed by atoms with Gasteiger partial charge in [0.15, 0.2) is 10.8 Å². The molecule has 0 bridgehead atoms. The molecule has 0 amide bonds. The number of aromatic nitrogens is 2. The number of nitrogens with zero attached hydrogens (tertiary/aromatic N) is 2. The van der Waals surface area contributed by atoms with E-state index in [1.54, 1.807) is 18.2 Å². The van der Waals surface area contributed by atoms with E-state index in [9.17, 15) is 17.2 Å². The van der Waals surface area contributed by atoms with Gasteiger partial charge in [0.1, 0.15) is 5.65 Å². The minimum absolute atomic E-state index is 0.105. The molecule has 0 aliphatic rings. The summed E-state index contributed by atoms with van der Waals surface area (Å²) in [5, 5.41) is 2.45. The van der Waals surface area contributed by atoms with Crippen LogP contribution in [0.5, 0.6) is 0 Å². The van der Waals surface area contributed by atoms with Crippen molar-refractivity contribution in [2.45, 2.75) is 11.5 Å². The molecule has 0 aromatic carbocycles. The molecule has 0 fully saturated rings. The SMILES string of the molecule is CNc1nc2ccccn2c1S(=O)(=O)NCC(F)F. The van der Waals surface area contributed by atoms with Crippen molar-refractivity contribution < 1.29 is 17.2 Å². The van der Waals surface area contributed by atoms with E-state index in [1.807, 2.05) is 4.72 Å². The Morgan fingerprint density at radius 3 is 2.79 bits per heavy atom. The standard InChI is InChI=1S/C10H12F2N4O2S/c1-13-9-10(19(17,18)14-6-7(11)12)16-5-3-2-4-8(16)15-9/h2-5,7,13-14H,6H2,1H3. The van der Waals surface area contributed by atoms with Crippen molar-refractivity contribution in [3.8, 4) is 0 Å². The zero-order chi connectivity index (χ0) is 14.0. The molecule has 0 aliphatic carbocycles. The Bertz CT molecular complexity index is 684. The van der Waals surface area contributed by atoms with Gasteiger partial charge in [-0.25, -0.2) is 26.9 Å². The second-order valence-electron chi connectivity index (χ2n) is 3.69. The molecule has 2 aromatic heterocycles. The van der Waals surface area contributed by atoms with Crippen molar-refractivity contribution in [1.29, 1.82) is 0 Å². The van der Waals surface area contributed by atoms with Crippen LogP contribution in [0.1, 0.15) is 0 Å². The van der Waals surface area contributed by atoms with Gasteiger partial charge in [0.2, 0.25) is 0 Å². The van der Waals surface area contributed by atoms with E-state index in [-0.39, 0.29) is 10.8 Å². The number of pyridine rings is 1. The number of halogens is 2. The number of imidazole rings is 1. The molecule has 9 heteroatoms. The summed E-state index contributed by atoms with van der Waals surface area (Å²) in [4.78, 5) is 4.07. The van der Waals surface area contributed by atoms with Crippen molar-refractivity contribution in [1.82, 2.24) is 14.1 Å². The molecule has 0 aliphatic heterocycles. The smallest absolute Gasteiger partial charge is 0.260 e. The first kappa shape index (κ1) is 13.7. The monoisotopic (exact) mass is 290 g/mol. The molecule has 0 unspecified atom stereocenters. The van der Waals surface area contributed by atoms with Crippen LogP contribution in [0.4, 0.5) is 14.6 Å². The molecule has 0 radical (unpaired) electrons. The van der Waals surface area contributed by atoms with Gasteiger partial charge in [0.05, 0.1) is 6.54 Å². The Balaban J connectivity index is 2.54. The van der Waals surface area contributed by atoms with E-state index < -0.39 is 23.0 Å². The number of sulfonamides is 1. The topological polar surface area (TPSA) is 75.5 Å². The number of anilines is 1. The molecule has 104 valence electrons. The second kappa shape index (κ2) is 5.10. The summed E-state index contributed by atoms with van der Waals surface area (Å²) in [6, 6.07) is 4.94. The van der Waals surface area contributed by atoms with E-state index in [4.69, 9.17) is 0 Å². The van der Waals surface area contributed by atoms with Crippen LogP contribution in [-0.2, 0) is 10.0 Å². The lowest BCUT2D eigenvalue weighted by Gasteiger charge is -2.07. The highest BCUT2D eigenvalue weighted by atomic mass is 32.2. The van der Waals surface area contributed by atoms with Crippen molar-refractivity contribution in [2.75, 3.05) is 18.9 Å². The Hall–Kier alpha value is -1.74. The fourth-order valence-corrected chi connectivity index (χ4v) is 2.93. The number of rotatable bonds is 5. The van der Waals surface area contributed by atoms with Gasteiger partial charge in [-0.15, -0.1) is 0 Å². The van der Waals surface area contributed by atoms with Gasteiger partial charge < -0.3 is 5.32 Å². The van der Waals surface area contributed by atoms with Gasteiger partial charge in [0.25, 0.3) is 16.4 Å². The van der Waals surface area contributed by atoms with Crippen molar-refractivity contribution in [3.63, 3.8) is 0 Å². The largest absolute Gasteiger partial charge is 0.371 e. The normalized spacial score (nSPS) is 12.2. The van der Waals surface area contributed by atoms with E-state index in [0.717, 1.165) is 0 Å². The van der Waals surface area contributed by atoms with Gasteiger partial charge in [0, 0.05) is 13.2 Å². The number of hydrogen-bond acceptors (Lipinski definition) is 4. The maximum Gasteiger partial charge on any atom is 0.260 e. The minimum atomic E-state index is -4.07. The average Bonchev–Trinajstić information content (AvgIpc) is 2.75. The lowest BCUT2D eigenvalue weighted by atomic mass is 10.5. The van der Waals surface area contributed by atoms with Crippen LogP contribution < -0.4 is 10.0 Å². The van der Waals surface area contributed by atoms with Crippen LogP contribution in [-0.4, -0.2) is 37.8 Å². The quantitative estimate of drug-likeness (QED) is 0.858. The maximum atomic E-state index is 12.1. The summed E-state index contributed by atoms with van der Waals surface area (Å²) in [5.41, 5.74) is 0.407. The van der Waals surface area contributed by atoms with E-state index >= 15 is 0 Å². The number of alkyl halides is 2. The summed E-state index contributed by atoms with van der Waals surface area (Å²) in [6.45, 7) is -0.939. The zero-order valence-electron chi connectivity index (χ0n) is 9.97. The molecule has 6 nitrogen and oxygen atoms in total. The summed E-state index contributed by atoms with van der Waals surface area (Å²) < 4.78 is 51.5. The fraction of sp³-hybridized carbons (Fsp3) is 0.300. The third-order valence-corrected chi connectivity index (χ3v) is 3.85. The first-order valence-electron chi connectivity index (χ1n) is 5.38. The molecule has 0 saturated heterocycles. The Morgan fingerprint density at radius 1 is 1.42 bits per heavy atom. The number of nitrogens with one attached hydrogen (secondary N) is 2. The van der Waals surface area contributed by atoms with Gasteiger partial charge in [-0.1, -0.05) is 6.07 Å². The Kier molecular flexibility index (Phi) is 3.67. The molecule has 0 saturated carbocycles. The summed E-state index contributed by atoms with van der Waals surface area (Å²) in [5.74, 6) is 0.105. The lowest BCUT2D eigenvalue weighted by Crippen LogP contribution is -2.30. The lowest BCUT2D eigenvalue weighted by molar-refractivity contribution is 0.153. The molecule has 2 N–H and O–H groups in total. The summed E-state index contributed by atoms with van der Waals surface area (Å²) in [6.07, 6.45) is -1.26. The van der Waals surface area contributed by atoms with Crippen LogP contribution in [0.3, 0.4) is 0 Å². The van der Waals surface area contributed by atoms with Crippen LogP contribution in [0.2, 0.25) is 0 Å². The molecule has 2 rings (SSSR count). The minimum Gasteiger partial charge on any atom is -0.371 e. The third-order valence-electron chi connectivity index (χ3n) is 2.41. The second-order valence-corrected chi connectivity index (χ2v) is 5.37. The van der Waals surface area contributed by atoms with Crippen LogP contribution in [0.15, 0.2) is 29.4 Å². The zero-order valence-corrected chi connectivity index (χ0v) is 10.8. The predicted molar refractivity (Wildman–Crippen MR) is 65.9 cm³/mol. The Morgan fingerprint density at radius 2 is 2.16 bits per heavy atom. The molecular formula is C10H12F2N4O2S. The van der Waals surface area contributed by atoms with Gasteiger partial charge in [-0.3, -0.25) is 4.40 Å². The van der Waals surface area contributed by atoms with Crippen LogP contribution >= 0.6 is 0 Å². The van der Waals surface area contributed by atoms with Crippen molar-refractivity contribution in [2.24, 2.45) is 0 Å². The molecule has 2 heterocycles. The number of fused-ring (bicyclic) bond motifs is 1. The van der Waals surface area contributed by atoms with Crippen molar-refractivity contribution >= 4 is 21.5 Å². The molecule has 0 spiro atoms. The number of hydrogen-bond donors (Lipinski definition) is 2. The fourth-order valence-electron chi connectivity index (χ4n) is 1.63. The van der Waals surface area contributed by atoms with Gasteiger partial charge in [-0.05, 0) is 12.1 Å². The maximum absolute atomic E-state index is 12.1. The highest BCUT2D eigenvalue weighted by Gasteiger charge is 2.25. The highest BCUT2D eigenvalue weighted by molar-refractivity contribution is 7.89. The molecule has 19 heavy (non-hydrogen) atoms. The van der Waals surface area contributed by atoms with E-state index in [2.05, 4.69) is 10.3 Å². The van der Waals surface area contributed by atoms with Crippen LogP contribution in [0, 0.1) is 0 Å². The van der Waals surface area contributed by atoms with Gasteiger partial charge >= 0.3 is 0 Å². The van der Waals surface area contributed by atoms with E-state index in [0.29, 0.717) is 5.65 Å². The highest BCUT2D eigenvalue weighted by Crippen LogP contribution is 2.22. The Labute approximate surface area is 108 Å².